The first kappa shape index (κ1) is 13.0. The summed E-state index contributed by atoms with van der Waals surface area (Å²) in [5.74, 6) is 0.959. The first-order valence-electron chi connectivity index (χ1n) is 6.54. The van der Waals surface area contributed by atoms with E-state index in [9.17, 15) is 0 Å². The van der Waals surface area contributed by atoms with Gasteiger partial charge in [-0.05, 0) is 52.1 Å². The Morgan fingerprint density at radius 1 is 1.27 bits per heavy atom. The third kappa shape index (κ3) is 4.12. The van der Waals surface area contributed by atoms with E-state index in [1.807, 2.05) is 0 Å². The van der Waals surface area contributed by atoms with Crippen molar-refractivity contribution in [2.75, 3.05) is 20.6 Å². The molecule has 0 saturated heterocycles. The normalized spacial score (nSPS) is 29.4. The maximum absolute atomic E-state index is 3.39. The molecule has 1 atom stereocenters. The van der Waals surface area contributed by atoms with E-state index < -0.39 is 0 Å². The minimum atomic E-state index is 0.661. The molecule has 1 N–H and O–H groups in total. The van der Waals surface area contributed by atoms with E-state index in [1.54, 1.807) is 0 Å². The molecule has 0 spiro atoms. The van der Waals surface area contributed by atoms with Crippen molar-refractivity contribution in [2.24, 2.45) is 5.92 Å². The fourth-order valence-corrected chi connectivity index (χ4v) is 2.60. The van der Waals surface area contributed by atoms with E-state index in [-0.39, 0.29) is 0 Å². The molecule has 2 nitrogen and oxygen atoms in total. The van der Waals surface area contributed by atoms with Gasteiger partial charge in [0.05, 0.1) is 0 Å². The molecule has 1 aliphatic rings. The van der Waals surface area contributed by atoms with Crippen molar-refractivity contribution < 1.29 is 0 Å². The van der Waals surface area contributed by atoms with Gasteiger partial charge in [0.15, 0.2) is 0 Å². The quantitative estimate of drug-likeness (QED) is 0.753. The average molecular weight is 212 g/mol. The molecular weight excluding hydrogens is 184 g/mol. The first-order valence-corrected chi connectivity index (χ1v) is 6.54. The molecule has 0 aromatic heterocycles. The zero-order valence-corrected chi connectivity index (χ0v) is 10.9. The standard InChI is InChI=1S/C13H28N2/c1-5-12(14-3)10-15(4)13-8-6-11(2)7-9-13/h11-14H,5-10H2,1-4H3. The van der Waals surface area contributed by atoms with Gasteiger partial charge in [-0.25, -0.2) is 0 Å². The lowest BCUT2D eigenvalue weighted by atomic mass is 9.86. The Bertz CT molecular complexity index is 158. The first-order chi connectivity index (χ1) is 7.17. The van der Waals surface area contributed by atoms with Crippen LogP contribution < -0.4 is 5.32 Å². The minimum Gasteiger partial charge on any atom is -0.316 e. The molecule has 90 valence electrons. The molecule has 1 fully saturated rings. The number of hydrogen-bond donors (Lipinski definition) is 1. The van der Waals surface area contributed by atoms with Gasteiger partial charge in [-0.3, -0.25) is 0 Å². The van der Waals surface area contributed by atoms with Crippen LogP contribution in [0.2, 0.25) is 0 Å². The summed E-state index contributed by atoms with van der Waals surface area (Å²) in [5.41, 5.74) is 0. The molecule has 1 unspecified atom stereocenters. The van der Waals surface area contributed by atoms with Crippen LogP contribution in [0.4, 0.5) is 0 Å². The van der Waals surface area contributed by atoms with E-state index in [0.29, 0.717) is 6.04 Å². The van der Waals surface area contributed by atoms with Crippen molar-refractivity contribution in [3.8, 4) is 0 Å². The zero-order chi connectivity index (χ0) is 11.3. The molecule has 0 bridgehead atoms. The lowest BCUT2D eigenvalue weighted by Crippen LogP contribution is -2.43. The maximum Gasteiger partial charge on any atom is 0.0189 e. The minimum absolute atomic E-state index is 0.661. The zero-order valence-electron chi connectivity index (χ0n) is 10.9. The summed E-state index contributed by atoms with van der Waals surface area (Å²) in [5, 5.41) is 3.39. The smallest absolute Gasteiger partial charge is 0.0189 e. The summed E-state index contributed by atoms with van der Waals surface area (Å²) >= 11 is 0. The van der Waals surface area contributed by atoms with Crippen molar-refractivity contribution in [1.29, 1.82) is 0 Å². The number of hydrogen-bond acceptors (Lipinski definition) is 2. The van der Waals surface area contributed by atoms with E-state index in [2.05, 4.69) is 38.2 Å². The number of nitrogens with one attached hydrogen (secondary N) is 1. The molecule has 15 heavy (non-hydrogen) atoms. The van der Waals surface area contributed by atoms with E-state index in [0.717, 1.165) is 12.0 Å². The van der Waals surface area contributed by atoms with Crippen LogP contribution in [-0.4, -0.2) is 37.6 Å². The molecule has 0 amide bonds. The largest absolute Gasteiger partial charge is 0.316 e. The molecule has 1 rings (SSSR count). The van der Waals surface area contributed by atoms with Crippen molar-refractivity contribution >= 4 is 0 Å². The Morgan fingerprint density at radius 3 is 2.33 bits per heavy atom. The Morgan fingerprint density at radius 2 is 1.87 bits per heavy atom. The summed E-state index contributed by atoms with van der Waals surface area (Å²) in [6.07, 6.45) is 6.87. The van der Waals surface area contributed by atoms with Crippen molar-refractivity contribution in [1.82, 2.24) is 10.2 Å². The van der Waals surface area contributed by atoms with Crippen LogP contribution in [0.1, 0.15) is 46.0 Å². The van der Waals surface area contributed by atoms with Gasteiger partial charge in [0.1, 0.15) is 0 Å². The number of rotatable bonds is 5. The predicted octanol–water partition coefficient (Wildman–Crippen LogP) is 2.49. The van der Waals surface area contributed by atoms with Crippen LogP contribution in [0, 0.1) is 5.92 Å². The van der Waals surface area contributed by atoms with E-state index in [4.69, 9.17) is 0 Å². The highest BCUT2D eigenvalue weighted by molar-refractivity contribution is 4.79. The van der Waals surface area contributed by atoms with Gasteiger partial charge in [-0.2, -0.15) is 0 Å². The Hall–Kier alpha value is -0.0800. The van der Waals surface area contributed by atoms with E-state index in [1.165, 1.54) is 38.6 Å². The Kier molecular flexibility index (Phi) is 5.62. The molecular formula is C13H28N2. The second kappa shape index (κ2) is 6.49. The SMILES string of the molecule is CCC(CN(C)C1CCC(C)CC1)NC. The Balaban J connectivity index is 2.30. The molecule has 2 heteroatoms. The molecule has 1 saturated carbocycles. The fourth-order valence-electron chi connectivity index (χ4n) is 2.60. The average Bonchev–Trinajstić information content (AvgIpc) is 2.26. The molecule has 0 aromatic rings. The molecule has 0 aliphatic heterocycles. The van der Waals surface area contributed by atoms with Gasteiger partial charge < -0.3 is 10.2 Å². The number of nitrogens with zero attached hydrogens (tertiary/aromatic N) is 1. The van der Waals surface area contributed by atoms with Crippen molar-refractivity contribution in [3.05, 3.63) is 0 Å². The molecule has 0 radical (unpaired) electrons. The lowest BCUT2D eigenvalue weighted by Gasteiger charge is -2.35. The highest BCUT2D eigenvalue weighted by Crippen LogP contribution is 2.26. The van der Waals surface area contributed by atoms with Gasteiger partial charge in [-0.15, -0.1) is 0 Å². The van der Waals surface area contributed by atoms with Gasteiger partial charge in [0, 0.05) is 18.6 Å². The van der Waals surface area contributed by atoms with Crippen LogP contribution >= 0.6 is 0 Å². The third-order valence-corrected chi connectivity index (χ3v) is 4.02. The molecule has 0 aromatic carbocycles. The third-order valence-electron chi connectivity index (χ3n) is 4.02. The van der Waals surface area contributed by atoms with Crippen LogP contribution in [0.3, 0.4) is 0 Å². The van der Waals surface area contributed by atoms with Crippen LogP contribution in [0.25, 0.3) is 0 Å². The second-order valence-electron chi connectivity index (χ2n) is 5.25. The van der Waals surface area contributed by atoms with Crippen LogP contribution in [-0.2, 0) is 0 Å². The van der Waals surface area contributed by atoms with Gasteiger partial charge in [0.25, 0.3) is 0 Å². The van der Waals surface area contributed by atoms with Gasteiger partial charge >= 0.3 is 0 Å². The number of likely N-dealkylation sites (N-methyl/N-ethyl adjacent to an activating group) is 2. The lowest BCUT2D eigenvalue weighted by molar-refractivity contribution is 0.157. The van der Waals surface area contributed by atoms with Crippen LogP contribution in [0.5, 0.6) is 0 Å². The summed E-state index contributed by atoms with van der Waals surface area (Å²) < 4.78 is 0. The molecule has 1 aliphatic carbocycles. The maximum atomic E-state index is 3.39. The predicted molar refractivity (Wildman–Crippen MR) is 67.2 cm³/mol. The van der Waals surface area contributed by atoms with Gasteiger partial charge in [-0.1, -0.05) is 13.8 Å². The topological polar surface area (TPSA) is 15.3 Å². The van der Waals surface area contributed by atoms with Crippen molar-refractivity contribution in [2.45, 2.75) is 58.0 Å². The summed E-state index contributed by atoms with van der Waals surface area (Å²) in [4.78, 5) is 2.57. The summed E-state index contributed by atoms with van der Waals surface area (Å²) in [6, 6.07) is 1.50. The summed E-state index contributed by atoms with van der Waals surface area (Å²) in [6.45, 7) is 5.85. The van der Waals surface area contributed by atoms with E-state index >= 15 is 0 Å². The van der Waals surface area contributed by atoms with Crippen molar-refractivity contribution in [3.63, 3.8) is 0 Å². The van der Waals surface area contributed by atoms with Crippen LogP contribution in [0.15, 0.2) is 0 Å². The highest BCUT2D eigenvalue weighted by Gasteiger charge is 2.22. The second-order valence-corrected chi connectivity index (χ2v) is 5.25. The summed E-state index contributed by atoms with van der Waals surface area (Å²) in [7, 11) is 4.37. The molecule has 0 heterocycles. The Labute approximate surface area is 95.4 Å². The van der Waals surface area contributed by atoms with Gasteiger partial charge in [0.2, 0.25) is 0 Å². The fraction of sp³-hybridized carbons (Fsp3) is 1.00. The monoisotopic (exact) mass is 212 g/mol. The highest BCUT2D eigenvalue weighted by atomic mass is 15.1.